The van der Waals surface area contributed by atoms with E-state index in [9.17, 15) is 9.90 Å². The molecule has 4 nitrogen and oxygen atoms in total. The van der Waals surface area contributed by atoms with Crippen molar-refractivity contribution in [1.29, 1.82) is 0 Å². The van der Waals surface area contributed by atoms with E-state index >= 15 is 0 Å². The molecule has 3 aromatic carbocycles. The summed E-state index contributed by atoms with van der Waals surface area (Å²) in [5.74, 6) is 0.547. The maximum atomic E-state index is 11.7. The molecule has 0 amide bonds. The number of aliphatic hydroxyl groups excluding tert-OH is 1. The number of rotatable bonds is 9. The molecule has 1 radical (unpaired) electrons. The van der Waals surface area contributed by atoms with Crippen molar-refractivity contribution in [2.45, 2.75) is 79.6 Å². The van der Waals surface area contributed by atoms with Gasteiger partial charge in [-0.1, -0.05) is 83.7 Å². The molecule has 0 spiro atoms. The second-order valence-electron chi connectivity index (χ2n) is 12.4. The number of carbonyl (C=O) groups excluding carboxylic acids is 1. The summed E-state index contributed by atoms with van der Waals surface area (Å²) in [7, 11) is 0. The zero-order valence-corrected chi connectivity index (χ0v) is 30.7. The fourth-order valence-corrected chi connectivity index (χ4v) is 6.33. The van der Waals surface area contributed by atoms with Gasteiger partial charge in [-0.3, -0.25) is 9.78 Å². The van der Waals surface area contributed by atoms with Crippen molar-refractivity contribution in [2.75, 3.05) is 0 Å². The molecular formula is C39H45IrN2O2S-. The first-order chi connectivity index (χ1) is 21.1. The predicted molar refractivity (Wildman–Crippen MR) is 187 cm³/mol. The van der Waals surface area contributed by atoms with Crippen LogP contribution in [0.3, 0.4) is 0 Å². The van der Waals surface area contributed by atoms with E-state index in [-0.39, 0.29) is 48.9 Å². The van der Waals surface area contributed by atoms with Crippen LogP contribution in [0.2, 0.25) is 0 Å². The number of ketones is 1. The van der Waals surface area contributed by atoms with Crippen LogP contribution in [0.5, 0.6) is 0 Å². The van der Waals surface area contributed by atoms with Crippen LogP contribution in [0.1, 0.15) is 79.7 Å². The van der Waals surface area contributed by atoms with Gasteiger partial charge in [0.1, 0.15) is 6.33 Å². The normalized spacial score (nSPS) is 11.9. The molecule has 0 bridgehead atoms. The number of aliphatic hydroxyl groups is 1. The number of allylic oxidation sites excluding steroid dienone is 2. The molecule has 45 heavy (non-hydrogen) atoms. The number of aromatic nitrogens is 2. The first kappa shape index (κ1) is 36.3. The number of nitrogens with zero attached hydrogens (tertiary/aromatic N) is 2. The van der Waals surface area contributed by atoms with Crippen LogP contribution in [-0.2, 0) is 30.3 Å². The van der Waals surface area contributed by atoms with Crippen molar-refractivity contribution in [3.05, 3.63) is 95.8 Å². The summed E-state index contributed by atoms with van der Waals surface area (Å²) in [6.45, 7) is 14.8. The number of thiophene rings is 1. The molecule has 0 saturated heterocycles. The summed E-state index contributed by atoms with van der Waals surface area (Å²) in [5, 5.41) is 15.5. The number of carbonyl (C=O) groups is 1. The van der Waals surface area contributed by atoms with Gasteiger partial charge < -0.3 is 5.11 Å². The third kappa shape index (κ3) is 8.97. The molecule has 239 valence electrons. The van der Waals surface area contributed by atoms with Gasteiger partial charge in [-0.05, 0) is 66.1 Å². The average molecular weight is 798 g/mol. The van der Waals surface area contributed by atoms with Crippen LogP contribution in [0.4, 0.5) is 0 Å². The third-order valence-corrected chi connectivity index (χ3v) is 9.25. The summed E-state index contributed by atoms with van der Waals surface area (Å²) >= 11 is 1.76. The topological polar surface area (TPSA) is 63.1 Å². The standard InChI is InChI=1S/C26H21N2S.C13H24O2.Ir/c1-26(2,3)22-14-20(12-17-6-4-5-7-21(17)22)24-15-23(27-16-28-24)18-8-9-25-19(13-18)10-11-29-25;1-5-10(6-2)12(14)9-13(15)11(7-3)8-4;/h4-11,13-16H,1-3H3;9-11,14H,5-8H2,1-4H3;/q-1;;/b;12-9-;. The van der Waals surface area contributed by atoms with E-state index in [4.69, 9.17) is 0 Å². The van der Waals surface area contributed by atoms with Crippen LogP contribution in [-0.4, -0.2) is 20.9 Å². The summed E-state index contributed by atoms with van der Waals surface area (Å²) in [6.07, 6.45) is 6.56. The van der Waals surface area contributed by atoms with Gasteiger partial charge in [0.2, 0.25) is 0 Å². The van der Waals surface area contributed by atoms with Crippen LogP contribution in [0.25, 0.3) is 43.4 Å². The van der Waals surface area contributed by atoms with Gasteiger partial charge >= 0.3 is 0 Å². The van der Waals surface area contributed by atoms with Crippen molar-refractivity contribution in [3.63, 3.8) is 0 Å². The van der Waals surface area contributed by atoms with Crippen molar-refractivity contribution >= 4 is 38.0 Å². The van der Waals surface area contributed by atoms with E-state index in [1.807, 2.05) is 27.7 Å². The molecule has 6 heteroatoms. The van der Waals surface area contributed by atoms with Gasteiger partial charge in [-0.25, -0.2) is 4.98 Å². The Morgan fingerprint density at radius 1 is 0.889 bits per heavy atom. The molecule has 0 saturated carbocycles. The Balaban J connectivity index is 0.000000297. The molecular weight excluding hydrogens is 753 g/mol. The second-order valence-corrected chi connectivity index (χ2v) is 13.3. The molecule has 0 unspecified atom stereocenters. The minimum Gasteiger partial charge on any atom is -0.512 e. The zero-order chi connectivity index (χ0) is 31.9. The molecule has 5 aromatic rings. The summed E-state index contributed by atoms with van der Waals surface area (Å²) in [4.78, 5) is 20.8. The number of hydrogen-bond acceptors (Lipinski definition) is 5. The molecule has 0 aliphatic carbocycles. The quantitative estimate of drug-likeness (QED) is 0.0917. The van der Waals surface area contributed by atoms with Crippen LogP contribution in [0.15, 0.2) is 84.2 Å². The molecule has 0 atom stereocenters. The maximum Gasteiger partial charge on any atom is 0.162 e. The minimum absolute atomic E-state index is 0. The third-order valence-electron chi connectivity index (χ3n) is 8.36. The van der Waals surface area contributed by atoms with E-state index < -0.39 is 0 Å². The van der Waals surface area contributed by atoms with Gasteiger partial charge in [0.25, 0.3) is 0 Å². The number of hydrogen-bond donors (Lipinski definition) is 1. The Morgan fingerprint density at radius 3 is 2.22 bits per heavy atom. The molecule has 5 rings (SSSR count). The number of benzene rings is 3. The molecule has 2 aromatic heterocycles. The van der Waals surface area contributed by atoms with Gasteiger partial charge in [0, 0.05) is 54.0 Å². The molecule has 0 fully saturated rings. The Morgan fingerprint density at radius 2 is 1.56 bits per heavy atom. The zero-order valence-electron chi connectivity index (χ0n) is 27.5. The van der Waals surface area contributed by atoms with E-state index in [1.54, 1.807) is 17.7 Å². The van der Waals surface area contributed by atoms with Crippen LogP contribution in [0, 0.1) is 17.9 Å². The Labute approximate surface area is 286 Å². The van der Waals surface area contributed by atoms with E-state index in [2.05, 4.69) is 103 Å². The Bertz CT molecular complexity index is 1740. The van der Waals surface area contributed by atoms with Crippen molar-refractivity contribution in [2.24, 2.45) is 11.8 Å². The fourth-order valence-electron chi connectivity index (χ4n) is 5.56. The first-order valence-corrected chi connectivity index (χ1v) is 16.7. The monoisotopic (exact) mass is 798 g/mol. The molecule has 0 aliphatic rings. The van der Waals surface area contributed by atoms with Gasteiger partial charge in [0.05, 0.1) is 11.5 Å². The molecule has 2 heterocycles. The number of fused-ring (bicyclic) bond motifs is 2. The molecule has 1 N–H and O–H groups in total. The van der Waals surface area contributed by atoms with E-state index in [0.29, 0.717) is 0 Å². The Kier molecular flexibility index (Phi) is 13.2. The van der Waals surface area contributed by atoms with Crippen LogP contribution < -0.4 is 0 Å². The predicted octanol–water partition coefficient (Wildman–Crippen LogP) is 11.1. The summed E-state index contributed by atoms with van der Waals surface area (Å²) in [5.41, 5.74) is 5.29. The van der Waals surface area contributed by atoms with Crippen molar-refractivity contribution < 1.29 is 30.0 Å². The van der Waals surface area contributed by atoms with Crippen molar-refractivity contribution in [3.8, 4) is 22.5 Å². The fraction of sp³-hybridized carbons (Fsp3) is 0.359. The minimum atomic E-state index is 0. The van der Waals surface area contributed by atoms with Crippen molar-refractivity contribution in [1.82, 2.24) is 9.97 Å². The second kappa shape index (κ2) is 16.4. The summed E-state index contributed by atoms with van der Waals surface area (Å²) < 4.78 is 1.29. The SMILES string of the molecule is CC(C)(C)c1cc(-c2cc(-c3ccc4sccc4c3)ncn2)[c-]c2ccccc12.CCC(CC)C(=O)/C=C(\O)C(CC)CC.[Ir]. The van der Waals surface area contributed by atoms with E-state index in [1.165, 1.54) is 27.1 Å². The van der Waals surface area contributed by atoms with Gasteiger partial charge in [0.15, 0.2) is 5.78 Å². The molecule has 0 aliphatic heterocycles. The first-order valence-electron chi connectivity index (χ1n) is 15.8. The van der Waals surface area contributed by atoms with Crippen LogP contribution >= 0.6 is 11.3 Å². The van der Waals surface area contributed by atoms with E-state index in [0.717, 1.165) is 53.6 Å². The maximum absolute atomic E-state index is 11.7. The Hall–Kier alpha value is -3.18. The van der Waals surface area contributed by atoms with Gasteiger partial charge in [-0.15, -0.1) is 40.5 Å². The average Bonchev–Trinajstić information content (AvgIpc) is 3.50. The summed E-state index contributed by atoms with van der Waals surface area (Å²) in [6, 6.07) is 25.0. The largest absolute Gasteiger partial charge is 0.512 e. The smallest absolute Gasteiger partial charge is 0.162 e. The van der Waals surface area contributed by atoms with Gasteiger partial charge in [-0.2, -0.15) is 0 Å².